The van der Waals surface area contributed by atoms with Crippen LogP contribution in [-0.4, -0.2) is 17.8 Å². The SMILES string of the molecule is CC(CC(N)CO)c1ccc(Cl)c(Cl)c1. The van der Waals surface area contributed by atoms with Crippen molar-refractivity contribution in [1.29, 1.82) is 0 Å². The van der Waals surface area contributed by atoms with E-state index >= 15 is 0 Å². The highest BCUT2D eigenvalue weighted by Crippen LogP contribution is 2.28. The Kier molecular flexibility index (Phi) is 4.87. The summed E-state index contributed by atoms with van der Waals surface area (Å²) in [4.78, 5) is 0. The van der Waals surface area contributed by atoms with Gasteiger partial charge in [0.1, 0.15) is 0 Å². The molecule has 1 rings (SSSR count). The summed E-state index contributed by atoms with van der Waals surface area (Å²) in [5, 5.41) is 9.97. The summed E-state index contributed by atoms with van der Waals surface area (Å²) in [5.74, 6) is 0.266. The lowest BCUT2D eigenvalue weighted by Crippen LogP contribution is -2.26. The van der Waals surface area contributed by atoms with Crippen LogP contribution in [0.5, 0.6) is 0 Å². The molecular weight excluding hydrogens is 233 g/mol. The second-order valence-electron chi connectivity index (χ2n) is 3.75. The molecule has 0 saturated carbocycles. The predicted molar refractivity (Wildman–Crippen MR) is 64.6 cm³/mol. The van der Waals surface area contributed by atoms with Crippen molar-refractivity contribution in [3.05, 3.63) is 33.8 Å². The van der Waals surface area contributed by atoms with E-state index in [1.807, 2.05) is 12.1 Å². The average molecular weight is 248 g/mol. The minimum atomic E-state index is -0.186. The van der Waals surface area contributed by atoms with Crippen LogP contribution in [0.2, 0.25) is 10.0 Å². The predicted octanol–water partition coefficient (Wildman–Crippen LogP) is 2.81. The van der Waals surface area contributed by atoms with Crippen LogP contribution < -0.4 is 5.73 Å². The highest BCUT2D eigenvalue weighted by atomic mass is 35.5. The van der Waals surface area contributed by atoms with Crippen molar-refractivity contribution >= 4 is 23.2 Å². The monoisotopic (exact) mass is 247 g/mol. The van der Waals surface area contributed by atoms with Crippen LogP contribution in [0.25, 0.3) is 0 Å². The lowest BCUT2D eigenvalue weighted by atomic mass is 9.94. The molecule has 3 N–H and O–H groups in total. The highest BCUT2D eigenvalue weighted by molar-refractivity contribution is 6.42. The molecule has 0 aliphatic carbocycles. The number of aliphatic hydroxyl groups is 1. The van der Waals surface area contributed by atoms with Crippen LogP contribution >= 0.6 is 23.2 Å². The van der Waals surface area contributed by atoms with Gasteiger partial charge in [-0.05, 0) is 30.0 Å². The summed E-state index contributed by atoms with van der Waals surface area (Å²) in [7, 11) is 0. The number of benzene rings is 1. The van der Waals surface area contributed by atoms with Crippen LogP contribution in [0.1, 0.15) is 24.8 Å². The maximum absolute atomic E-state index is 8.86. The van der Waals surface area contributed by atoms with Gasteiger partial charge in [-0.2, -0.15) is 0 Å². The number of nitrogens with two attached hydrogens (primary N) is 1. The third kappa shape index (κ3) is 3.65. The fourth-order valence-electron chi connectivity index (χ4n) is 1.48. The molecule has 2 unspecified atom stereocenters. The Hall–Kier alpha value is -0.280. The molecule has 0 fully saturated rings. The summed E-state index contributed by atoms with van der Waals surface area (Å²) in [5.41, 5.74) is 6.76. The third-order valence-electron chi connectivity index (χ3n) is 2.40. The fourth-order valence-corrected chi connectivity index (χ4v) is 1.79. The van der Waals surface area contributed by atoms with Crippen molar-refractivity contribution < 1.29 is 5.11 Å². The van der Waals surface area contributed by atoms with E-state index < -0.39 is 0 Å². The highest BCUT2D eigenvalue weighted by Gasteiger charge is 2.11. The lowest BCUT2D eigenvalue weighted by Gasteiger charge is -2.16. The molecule has 4 heteroatoms. The van der Waals surface area contributed by atoms with Gasteiger partial charge in [-0.15, -0.1) is 0 Å². The molecule has 0 spiro atoms. The van der Waals surface area contributed by atoms with Crippen molar-refractivity contribution in [3.63, 3.8) is 0 Å². The van der Waals surface area contributed by atoms with Crippen LogP contribution in [0.15, 0.2) is 18.2 Å². The first-order valence-electron chi connectivity index (χ1n) is 4.86. The Morgan fingerprint density at radius 1 is 1.33 bits per heavy atom. The third-order valence-corrected chi connectivity index (χ3v) is 3.14. The van der Waals surface area contributed by atoms with Crippen LogP contribution in [0, 0.1) is 0 Å². The zero-order chi connectivity index (χ0) is 11.4. The molecule has 0 saturated heterocycles. The van der Waals surface area contributed by atoms with Crippen molar-refractivity contribution in [2.24, 2.45) is 5.73 Å². The minimum absolute atomic E-state index is 0.00562. The number of halogens is 2. The van der Waals surface area contributed by atoms with E-state index in [1.165, 1.54) is 0 Å². The smallest absolute Gasteiger partial charge is 0.0595 e. The van der Waals surface area contributed by atoms with Gasteiger partial charge in [0.15, 0.2) is 0 Å². The number of hydrogen-bond donors (Lipinski definition) is 2. The molecule has 84 valence electrons. The Bertz CT molecular complexity index is 330. The first kappa shape index (κ1) is 12.8. The first-order chi connectivity index (χ1) is 7.04. The maximum Gasteiger partial charge on any atom is 0.0595 e. The Labute approximate surface area is 100.0 Å². The second-order valence-corrected chi connectivity index (χ2v) is 4.57. The summed E-state index contributed by atoms with van der Waals surface area (Å²) in [6.45, 7) is 2.06. The number of rotatable bonds is 4. The quantitative estimate of drug-likeness (QED) is 0.860. The molecule has 0 aliphatic heterocycles. The molecular formula is C11H15Cl2NO. The van der Waals surface area contributed by atoms with E-state index in [2.05, 4.69) is 6.92 Å². The summed E-state index contributed by atoms with van der Waals surface area (Å²) < 4.78 is 0. The molecule has 0 bridgehead atoms. The average Bonchev–Trinajstić information content (AvgIpc) is 2.21. The molecule has 1 aromatic carbocycles. The van der Waals surface area contributed by atoms with E-state index in [-0.39, 0.29) is 18.6 Å². The molecule has 15 heavy (non-hydrogen) atoms. The molecule has 0 heterocycles. The summed E-state index contributed by atoms with van der Waals surface area (Å²) in [6, 6.07) is 5.37. The summed E-state index contributed by atoms with van der Waals surface area (Å²) >= 11 is 11.7. The van der Waals surface area contributed by atoms with Gasteiger partial charge in [0.05, 0.1) is 16.7 Å². The maximum atomic E-state index is 8.86. The molecule has 2 atom stereocenters. The Balaban J connectivity index is 2.73. The van der Waals surface area contributed by atoms with Crippen molar-refractivity contribution in [2.45, 2.75) is 25.3 Å². The van der Waals surface area contributed by atoms with E-state index in [4.69, 9.17) is 34.0 Å². The molecule has 1 aromatic rings. The van der Waals surface area contributed by atoms with Crippen molar-refractivity contribution in [1.82, 2.24) is 0 Å². The normalized spacial score (nSPS) is 15.0. The lowest BCUT2D eigenvalue weighted by molar-refractivity contribution is 0.255. The first-order valence-corrected chi connectivity index (χ1v) is 5.61. The molecule has 0 radical (unpaired) electrons. The van der Waals surface area contributed by atoms with Gasteiger partial charge in [-0.1, -0.05) is 36.2 Å². The Morgan fingerprint density at radius 3 is 2.53 bits per heavy atom. The molecule has 0 amide bonds. The second kappa shape index (κ2) is 5.71. The van der Waals surface area contributed by atoms with Crippen molar-refractivity contribution in [3.8, 4) is 0 Å². The van der Waals surface area contributed by atoms with Gasteiger partial charge < -0.3 is 10.8 Å². The van der Waals surface area contributed by atoms with E-state index in [0.29, 0.717) is 10.0 Å². The van der Waals surface area contributed by atoms with Gasteiger partial charge in [0, 0.05) is 6.04 Å². The van der Waals surface area contributed by atoms with Gasteiger partial charge in [-0.25, -0.2) is 0 Å². The molecule has 0 aromatic heterocycles. The van der Waals surface area contributed by atoms with E-state index in [9.17, 15) is 0 Å². The summed E-state index contributed by atoms with van der Waals surface area (Å²) in [6.07, 6.45) is 0.731. The van der Waals surface area contributed by atoms with Crippen LogP contribution in [-0.2, 0) is 0 Å². The standard InChI is InChI=1S/C11H15Cl2NO/c1-7(4-9(14)6-15)8-2-3-10(12)11(13)5-8/h2-3,5,7,9,15H,4,6,14H2,1H3. The Morgan fingerprint density at radius 2 is 2.00 bits per heavy atom. The fraction of sp³-hybridized carbons (Fsp3) is 0.455. The van der Waals surface area contributed by atoms with Gasteiger partial charge in [0.25, 0.3) is 0 Å². The molecule has 0 aliphatic rings. The van der Waals surface area contributed by atoms with E-state index in [1.54, 1.807) is 6.07 Å². The van der Waals surface area contributed by atoms with Gasteiger partial charge in [0.2, 0.25) is 0 Å². The number of hydrogen-bond acceptors (Lipinski definition) is 2. The van der Waals surface area contributed by atoms with E-state index in [0.717, 1.165) is 12.0 Å². The topological polar surface area (TPSA) is 46.2 Å². The molecule has 2 nitrogen and oxygen atoms in total. The zero-order valence-corrected chi connectivity index (χ0v) is 10.1. The van der Waals surface area contributed by atoms with Crippen LogP contribution in [0.4, 0.5) is 0 Å². The van der Waals surface area contributed by atoms with Crippen LogP contribution in [0.3, 0.4) is 0 Å². The zero-order valence-electron chi connectivity index (χ0n) is 8.58. The van der Waals surface area contributed by atoms with Crippen molar-refractivity contribution in [2.75, 3.05) is 6.61 Å². The largest absolute Gasteiger partial charge is 0.395 e. The van der Waals surface area contributed by atoms with Gasteiger partial charge >= 0.3 is 0 Å². The van der Waals surface area contributed by atoms with Gasteiger partial charge in [-0.3, -0.25) is 0 Å². The number of aliphatic hydroxyl groups excluding tert-OH is 1. The minimum Gasteiger partial charge on any atom is -0.395 e.